The molecule has 37 heavy (non-hydrogen) atoms. The predicted octanol–water partition coefficient (Wildman–Crippen LogP) is 5.45. The first-order chi connectivity index (χ1) is 18.1. The third-order valence-corrected chi connectivity index (χ3v) is 7.43. The molecule has 0 amide bonds. The van der Waals surface area contributed by atoms with E-state index in [1.807, 2.05) is 10.7 Å². The maximum Gasteiger partial charge on any atom is 0.149 e. The third-order valence-electron chi connectivity index (χ3n) is 7.43. The highest BCUT2D eigenvalue weighted by Gasteiger charge is 2.17. The fourth-order valence-corrected chi connectivity index (χ4v) is 5.23. The van der Waals surface area contributed by atoms with E-state index in [1.54, 1.807) is 0 Å². The van der Waals surface area contributed by atoms with Crippen LogP contribution in [0, 0.1) is 11.3 Å². The smallest absolute Gasteiger partial charge is 0.149 e. The molecule has 2 aromatic heterocycles. The number of nitrogens with zero attached hydrogens (tertiary/aromatic N) is 4. The summed E-state index contributed by atoms with van der Waals surface area (Å²) in [6.45, 7) is 6.74. The van der Waals surface area contributed by atoms with Crippen molar-refractivity contribution in [1.82, 2.24) is 19.7 Å². The Hall–Kier alpha value is -3.71. The second-order valence-electron chi connectivity index (χ2n) is 10.3. The largest absolute Gasteiger partial charge is 0.382 e. The Kier molecular flexibility index (Phi) is 7.80. The van der Waals surface area contributed by atoms with E-state index < -0.39 is 0 Å². The van der Waals surface area contributed by atoms with Gasteiger partial charge in [0, 0.05) is 22.8 Å². The first-order valence-electron chi connectivity index (χ1n) is 13.4. The average Bonchev–Trinajstić information content (AvgIpc) is 3.52. The molecule has 0 spiro atoms. The van der Waals surface area contributed by atoms with Crippen molar-refractivity contribution in [3.63, 3.8) is 0 Å². The number of amidine groups is 1. The molecule has 4 aromatic rings. The van der Waals surface area contributed by atoms with Gasteiger partial charge in [-0.25, -0.2) is 4.99 Å². The van der Waals surface area contributed by atoms with Gasteiger partial charge in [0.2, 0.25) is 0 Å². The van der Waals surface area contributed by atoms with Crippen molar-refractivity contribution >= 4 is 23.1 Å². The van der Waals surface area contributed by atoms with Gasteiger partial charge in [-0.2, -0.15) is 5.10 Å². The molecule has 1 saturated heterocycles. The molecule has 0 unspecified atom stereocenters. The van der Waals surface area contributed by atoms with Crippen LogP contribution in [0.3, 0.4) is 0 Å². The highest BCUT2D eigenvalue weighted by atomic mass is 15.3. The van der Waals surface area contributed by atoms with Gasteiger partial charge in [0.1, 0.15) is 12.2 Å². The van der Waals surface area contributed by atoms with E-state index in [4.69, 9.17) is 16.2 Å². The van der Waals surface area contributed by atoms with Crippen molar-refractivity contribution in [2.75, 3.05) is 19.6 Å². The number of aromatic nitrogens is 3. The molecule has 2 aromatic carbocycles. The number of nitrogens with one attached hydrogen (secondary N) is 2. The van der Waals surface area contributed by atoms with Gasteiger partial charge in [0.05, 0.1) is 17.8 Å². The lowest BCUT2D eigenvalue weighted by Gasteiger charge is -2.30. The third kappa shape index (κ3) is 6.17. The van der Waals surface area contributed by atoms with Gasteiger partial charge in [-0.15, -0.1) is 0 Å². The van der Waals surface area contributed by atoms with E-state index in [-0.39, 0.29) is 0 Å². The number of aryl methyl sites for hydroxylation is 1. The molecule has 5 rings (SSSR count). The van der Waals surface area contributed by atoms with Gasteiger partial charge in [-0.3, -0.25) is 10.1 Å². The normalized spacial score (nSPS) is 15.4. The predicted molar refractivity (Wildman–Crippen MR) is 152 cm³/mol. The summed E-state index contributed by atoms with van der Waals surface area (Å²) in [5, 5.41) is 13.3. The summed E-state index contributed by atoms with van der Waals surface area (Å²) in [5.74, 6) is 1.20. The first kappa shape index (κ1) is 25.0. The molecule has 4 N–H and O–H groups in total. The molecular formula is C30H37N7. The molecule has 1 aliphatic heterocycles. The van der Waals surface area contributed by atoms with Crippen molar-refractivity contribution in [2.24, 2.45) is 16.6 Å². The summed E-state index contributed by atoms with van der Waals surface area (Å²) >= 11 is 0. The number of fused-ring (bicyclic) bond motifs is 1. The number of likely N-dealkylation sites (tertiary alicyclic amines) is 1. The Morgan fingerprint density at radius 3 is 2.73 bits per heavy atom. The first-order valence-corrected chi connectivity index (χ1v) is 13.4. The van der Waals surface area contributed by atoms with E-state index >= 15 is 0 Å². The van der Waals surface area contributed by atoms with Gasteiger partial charge in [0.25, 0.3) is 0 Å². The molecule has 192 valence electrons. The molecule has 0 saturated carbocycles. The molecule has 0 aliphatic carbocycles. The number of piperidine rings is 1. The van der Waals surface area contributed by atoms with Crippen LogP contribution in [0.5, 0.6) is 0 Å². The summed E-state index contributed by atoms with van der Waals surface area (Å²) in [6.07, 6.45) is 9.00. The zero-order valence-corrected chi connectivity index (χ0v) is 21.7. The van der Waals surface area contributed by atoms with Crippen LogP contribution in [-0.4, -0.2) is 51.5 Å². The van der Waals surface area contributed by atoms with Crippen molar-refractivity contribution in [1.29, 1.82) is 5.41 Å². The SMILES string of the molecule is CC1CCN(CCCCc2cc(-c3ccc4cn(Cc5ccccc5)nc4c3)c(/C(N)=N\C=N)[nH]2)CC1. The fourth-order valence-electron chi connectivity index (χ4n) is 5.23. The Bertz CT molecular complexity index is 1360. The van der Waals surface area contributed by atoms with Crippen LogP contribution in [0.25, 0.3) is 22.0 Å². The molecule has 0 bridgehead atoms. The highest BCUT2D eigenvalue weighted by molar-refractivity contribution is 6.05. The summed E-state index contributed by atoms with van der Waals surface area (Å²) in [7, 11) is 0. The van der Waals surface area contributed by atoms with Crippen molar-refractivity contribution in [3.05, 3.63) is 77.7 Å². The Labute approximate surface area is 218 Å². The zero-order chi connectivity index (χ0) is 25.6. The van der Waals surface area contributed by atoms with Gasteiger partial charge in [0.15, 0.2) is 0 Å². The van der Waals surface area contributed by atoms with E-state index in [2.05, 4.69) is 76.5 Å². The monoisotopic (exact) mass is 495 g/mol. The number of unbranched alkanes of at least 4 members (excludes halogenated alkanes) is 1. The number of aromatic amines is 1. The lowest BCUT2D eigenvalue weighted by molar-refractivity contribution is 0.189. The van der Waals surface area contributed by atoms with E-state index in [0.29, 0.717) is 5.84 Å². The fraction of sp³-hybridized carbons (Fsp3) is 0.367. The van der Waals surface area contributed by atoms with Gasteiger partial charge in [-0.05, 0) is 80.9 Å². The molecule has 3 heterocycles. The summed E-state index contributed by atoms with van der Waals surface area (Å²) < 4.78 is 1.99. The van der Waals surface area contributed by atoms with Gasteiger partial charge >= 0.3 is 0 Å². The lowest BCUT2D eigenvalue weighted by Crippen LogP contribution is -2.33. The average molecular weight is 496 g/mol. The Balaban J connectivity index is 1.32. The van der Waals surface area contributed by atoms with E-state index in [0.717, 1.165) is 65.1 Å². The molecule has 0 radical (unpaired) electrons. The van der Waals surface area contributed by atoms with Crippen LogP contribution in [0.15, 0.2) is 65.8 Å². The van der Waals surface area contributed by atoms with Crippen LogP contribution < -0.4 is 5.73 Å². The van der Waals surface area contributed by atoms with E-state index in [9.17, 15) is 0 Å². The Morgan fingerprint density at radius 1 is 1.14 bits per heavy atom. The zero-order valence-electron chi connectivity index (χ0n) is 21.7. The Morgan fingerprint density at radius 2 is 1.95 bits per heavy atom. The number of benzene rings is 2. The molecule has 0 atom stereocenters. The topological polar surface area (TPSA) is 99.1 Å². The molecular weight excluding hydrogens is 458 g/mol. The standard InChI is InChI=1S/C30H37N7/c1-22-12-15-36(16-13-22)14-6-5-9-26-18-27(29(34-26)30(32)33-21-31)24-10-11-25-20-37(35-28(25)17-24)19-23-7-3-2-4-8-23/h2-4,7-8,10-11,17-18,20-22,34H,5-6,9,12-16,19H2,1H3,(H3,31,32,33). The lowest BCUT2D eigenvalue weighted by atomic mass is 9.99. The summed E-state index contributed by atoms with van der Waals surface area (Å²) in [4.78, 5) is 10.2. The van der Waals surface area contributed by atoms with E-state index in [1.165, 1.54) is 44.5 Å². The van der Waals surface area contributed by atoms with Crippen LogP contribution in [-0.2, 0) is 13.0 Å². The van der Waals surface area contributed by atoms with Crippen molar-refractivity contribution in [3.8, 4) is 11.1 Å². The summed E-state index contributed by atoms with van der Waals surface area (Å²) in [5.41, 5.74) is 12.4. The second-order valence-corrected chi connectivity index (χ2v) is 10.3. The maximum atomic E-state index is 7.39. The number of hydrogen-bond donors (Lipinski definition) is 3. The minimum Gasteiger partial charge on any atom is -0.382 e. The number of rotatable bonds is 10. The molecule has 1 fully saturated rings. The molecule has 7 nitrogen and oxygen atoms in total. The number of nitrogens with two attached hydrogens (primary N) is 1. The van der Waals surface area contributed by atoms with Crippen LogP contribution in [0.1, 0.15) is 49.6 Å². The molecule has 1 aliphatic rings. The number of aliphatic imine (C=N–C) groups is 1. The van der Waals surface area contributed by atoms with Crippen LogP contribution in [0.2, 0.25) is 0 Å². The minimum atomic E-state index is 0.327. The van der Waals surface area contributed by atoms with Crippen molar-refractivity contribution < 1.29 is 0 Å². The van der Waals surface area contributed by atoms with Crippen LogP contribution in [0.4, 0.5) is 0 Å². The van der Waals surface area contributed by atoms with Gasteiger partial charge in [-0.1, -0.05) is 49.4 Å². The number of H-pyrrole nitrogens is 1. The summed E-state index contributed by atoms with van der Waals surface area (Å²) in [6, 6.07) is 18.9. The van der Waals surface area contributed by atoms with Crippen LogP contribution >= 0.6 is 0 Å². The van der Waals surface area contributed by atoms with Gasteiger partial charge < -0.3 is 15.6 Å². The van der Waals surface area contributed by atoms with Crippen molar-refractivity contribution in [2.45, 2.75) is 45.6 Å². The highest BCUT2D eigenvalue weighted by Crippen LogP contribution is 2.29. The maximum absolute atomic E-state index is 7.39. The quantitative estimate of drug-likeness (QED) is 0.155. The second kappa shape index (κ2) is 11.6. The minimum absolute atomic E-state index is 0.327. The number of hydrogen-bond acceptors (Lipinski definition) is 3. The molecule has 7 heteroatoms.